The summed E-state index contributed by atoms with van der Waals surface area (Å²) in [7, 11) is 2.09. The van der Waals surface area contributed by atoms with Gasteiger partial charge in [-0.25, -0.2) is 0 Å². The van der Waals surface area contributed by atoms with Crippen molar-refractivity contribution in [3.05, 3.63) is 34.3 Å². The second-order valence-electron chi connectivity index (χ2n) is 4.60. The van der Waals surface area contributed by atoms with Gasteiger partial charge in [-0.15, -0.1) is 17.0 Å². The lowest BCUT2D eigenvalue weighted by Crippen LogP contribution is -2.43. The molecule has 0 spiro atoms. The Bertz CT molecular complexity index is 411. The minimum Gasteiger partial charge on any atom is -0.306 e. The first-order valence-corrected chi connectivity index (χ1v) is 7.28. The smallest absolute Gasteiger partial charge is 0.179 e. The molecule has 0 amide bonds. The van der Waals surface area contributed by atoms with Crippen LogP contribution in [0.4, 0.5) is 0 Å². The van der Waals surface area contributed by atoms with E-state index in [2.05, 4.69) is 43.8 Å². The molecule has 1 saturated heterocycles. The summed E-state index contributed by atoms with van der Waals surface area (Å²) in [5.74, 6) is 0.207. The van der Waals surface area contributed by atoms with Crippen molar-refractivity contribution >= 4 is 54.6 Å². The van der Waals surface area contributed by atoms with Crippen molar-refractivity contribution in [1.82, 2.24) is 4.90 Å². The van der Waals surface area contributed by atoms with E-state index in [9.17, 15) is 4.79 Å². The Hall–Kier alpha value is 0.290. The number of benzene rings is 1. The van der Waals surface area contributed by atoms with E-state index in [4.69, 9.17) is 0 Å². The highest BCUT2D eigenvalue weighted by molar-refractivity contribution is 9.10. The standard InChI is InChI=1S/C13H15Br2NO.BrH/c1-16-8-6-13(15,7-9-16)12(17)10-2-4-11(14)5-3-10;/h2-5H,6-9H2,1H3;1H. The quantitative estimate of drug-likeness (QED) is 0.509. The normalized spacial score (nSPS) is 19.1. The van der Waals surface area contributed by atoms with Gasteiger partial charge in [0.05, 0.1) is 4.32 Å². The first-order chi connectivity index (χ1) is 8.01. The molecule has 0 N–H and O–H groups in total. The van der Waals surface area contributed by atoms with E-state index in [1.165, 1.54) is 0 Å². The molecular weight excluding hydrogens is 426 g/mol. The Morgan fingerprint density at radius 3 is 2.22 bits per heavy atom. The maximum Gasteiger partial charge on any atom is 0.179 e. The maximum atomic E-state index is 12.5. The van der Waals surface area contributed by atoms with Crippen LogP contribution in [0.2, 0.25) is 0 Å². The average molecular weight is 442 g/mol. The van der Waals surface area contributed by atoms with Gasteiger partial charge in [0.2, 0.25) is 0 Å². The van der Waals surface area contributed by atoms with Gasteiger partial charge in [0, 0.05) is 10.0 Å². The highest BCUT2D eigenvalue weighted by Gasteiger charge is 2.38. The lowest BCUT2D eigenvalue weighted by atomic mass is 9.89. The van der Waals surface area contributed by atoms with Gasteiger partial charge < -0.3 is 4.90 Å². The lowest BCUT2D eigenvalue weighted by Gasteiger charge is -2.35. The molecule has 100 valence electrons. The third kappa shape index (κ3) is 3.65. The molecule has 18 heavy (non-hydrogen) atoms. The molecule has 1 aliphatic rings. The number of carbonyl (C=O) groups is 1. The molecule has 5 heteroatoms. The van der Waals surface area contributed by atoms with Crippen LogP contribution in [-0.2, 0) is 0 Å². The number of piperidine rings is 1. The molecule has 0 atom stereocenters. The number of Topliss-reactive ketones (excluding diaryl/α,β-unsaturated/α-hetero) is 1. The number of hydrogen-bond donors (Lipinski definition) is 0. The Morgan fingerprint density at radius 1 is 1.22 bits per heavy atom. The summed E-state index contributed by atoms with van der Waals surface area (Å²) in [5.41, 5.74) is 0.787. The molecule has 1 fully saturated rings. The van der Waals surface area contributed by atoms with Gasteiger partial charge >= 0.3 is 0 Å². The second kappa shape index (κ2) is 6.64. The number of hydrogen-bond acceptors (Lipinski definition) is 2. The molecule has 0 unspecified atom stereocenters. The predicted octanol–water partition coefficient (Wildman–Crippen LogP) is 4.07. The van der Waals surface area contributed by atoms with Crippen LogP contribution in [0.15, 0.2) is 28.7 Å². The summed E-state index contributed by atoms with van der Waals surface area (Å²) in [6.07, 6.45) is 1.75. The Morgan fingerprint density at radius 2 is 1.72 bits per heavy atom. The van der Waals surface area contributed by atoms with Gasteiger partial charge in [-0.3, -0.25) is 4.79 Å². The van der Waals surface area contributed by atoms with Crippen LogP contribution in [0.3, 0.4) is 0 Å². The van der Waals surface area contributed by atoms with E-state index in [-0.39, 0.29) is 27.1 Å². The monoisotopic (exact) mass is 439 g/mol. The molecule has 0 bridgehead atoms. The van der Waals surface area contributed by atoms with Gasteiger partial charge in [-0.1, -0.05) is 44.0 Å². The van der Waals surface area contributed by atoms with E-state index in [0.717, 1.165) is 36.0 Å². The van der Waals surface area contributed by atoms with E-state index >= 15 is 0 Å². The van der Waals surface area contributed by atoms with Crippen molar-refractivity contribution in [1.29, 1.82) is 0 Å². The van der Waals surface area contributed by atoms with Crippen LogP contribution in [0, 0.1) is 0 Å². The maximum absolute atomic E-state index is 12.5. The Labute approximate surface area is 135 Å². The van der Waals surface area contributed by atoms with Crippen LogP contribution in [-0.4, -0.2) is 35.1 Å². The van der Waals surface area contributed by atoms with Gasteiger partial charge in [-0.2, -0.15) is 0 Å². The first-order valence-electron chi connectivity index (χ1n) is 5.69. The van der Waals surface area contributed by atoms with Crippen molar-refractivity contribution in [2.75, 3.05) is 20.1 Å². The summed E-state index contributed by atoms with van der Waals surface area (Å²) in [6, 6.07) is 7.60. The van der Waals surface area contributed by atoms with E-state index in [0.29, 0.717) is 0 Å². The summed E-state index contributed by atoms with van der Waals surface area (Å²) >= 11 is 7.04. The van der Waals surface area contributed by atoms with Crippen LogP contribution < -0.4 is 0 Å². The van der Waals surface area contributed by atoms with Crippen LogP contribution >= 0.6 is 48.8 Å². The lowest BCUT2D eigenvalue weighted by molar-refractivity contribution is 0.0899. The summed E-state index contributed by atoms with van der Waals surface area (Å²) in [5, 5.41) is 0. The zero-order chi connectivity index (χ0) is 12.5. The van der Waals surface area contributed by atoms with Crippen molar-refractivity contribution < 1.29 is 4.79 Å². The zero-order valence-corrected chi connectivity index (χ0v) is 15.0. The number of rotatable bonds is 2. The molecule has 0 radical (unpaired) electrons. The fourth-order valence-electron chi connectivity index (χ4n) is 2.06. The number of carbonyl (C=O) groups excluding carboxylic acids is 1. The Kier molecular flexibility index (Phi) is 6.03. The minimum atomic E-state index is -0.368. The molecule has 1 heterocycles. The predicted molar refractivity (Wildman–Crippen MR) is 87.2 cm³/mol. The molecule has 2 rings (SSSR count). The van der Waals surface area contributed by atoms with E-state index < -0.39 is 0 Å². The molecule has 2 nitrogen and oxygen atoms in total. The number of nitrogens with zero attached hydrogens (tertiary/aromatic N) is 1. The molecular formula is C13H16Br3NO. The van der Waals surface area contributed by atoms with E-state index in [1.54, 1.807) is 0 Å². The molecule has 1 aromatic rings. The minimum absolute atomic E-state index is 0. The fourth-order valence-corrected chi connectivity index (χ4v) is 2.91. The average Bonchev–Trinajstić information content (AvgIpc) is 2.33. The third-order valence-electron chi connectivity index (χ3n) is 3.29. The topological polar surface area (TPSA) is 20.3 Å². The molecule has 0 aromatic heterocycles. The number of ketones is 1. The zero-order valence-electron chi connectivity index (χ0n) is 10.2. The fraction of sp³-hybridized carbons (Fsp3) is 0.462. The van der Waals surface area contributed by atoms with Gasteiger partial charge in [0.25, 0.3) is 0 Å². The van der Waals surface area contributed by atoms with Gasteiger partial charge in [-0.05, 0) is 45.1 Å². The highest BCUT2D eigenvalue weighted by Crippen LogP contribution is 2.34. The second-order valence-corrected chi connectivity index (χ2v) is 7.04. The van der Waals surface area contributed by atoms with Crippen LogP contribution in [0.5, 0.6) is 0 Å². The van der Waals surface area contributed by atoms with Crippen molar-refractivity contribution in [2.24, 2.45) is 0 Å². The van der Waals surface area contributed by atoms with Crippen molar-refractivity contribution in [3.63, 3.8) is 0 Å². The number of alkyl halides is 1. The SMILES string of the molecule is Br.CN1CCC(Br)(C(=O)c2ccc(Br)cc2)CC1. The number of likely N-dealkylation sites (tertiary alicyclic amines) is 1. The van der Waals surface area contributed by atoms with Crippen molar-refractivity contribution in [2.45, 2.75) is 17.2 Å². The third-order valence-corrected chi connectivity index (χ3v) is 4.97. The Balaban J connectivity index is 0.00000162. The number of halogens is 3. The van der Waals surface area contributed by atoms with Crippen LogP contribution in [0.1, 0.15) is 23.2 Å². The van der Waals surface area contributed by atoms with Crippen LogP contribution in [0.25, 0.3) is 0 Å². The summed E-state index contributed by atoms with van der Waals surface area (Å²) in [6.45, 7) is 1.93. The van der Waals surface area contributed by atoms with Gasteiger partial charge in [0.15, 0.2) is 5.78 Å². The van der Waals surface area contributed by atoms with E-state index in [1.807, 2.05) is 24.3 Å². The molecule has 1 aliphatic heterocycles. The molecule has 0 saturated carbocycles. The first kappa shape index (κ1) is 16.3. The van der Waals surface area contributed by atoms with Crippen molar-refractivity contribution in [3.8, 4) is 0 Å². The summed E-state index contributed by atoms with van der Waals surface area (Å²) in [4.78, 5) is 14.7. The van der Waals surface area contributed by atoms with Gasteiger partial charge in [0.1, 0.15) is 0 Å². The summed E-state index contributed by atoms with van der Waals surface area (Å²) < 4.78 is 0.633. The largest absolute Gasteiger partial charge is 0.306 e. The highest BCUT2D eigenvalue weighted by atomic mass is 79.9. The molecule has 1 aromatic carbocycles. The molecule has 0 aliphatic carbocycles.